The summed E-state index contributed by atoms with van der Waals surface area (Å²) in [4.78, 5) is 13.0. The largest absolute Gasteiger partial charge is 0.486 e. The van der Waals surface area contributed by atoms with Gasteiger partial charge in [0.1, 0.15) is 13.2 Å². The topological polar surface area (TPSA) is 93.7 Å². The quantitative estimate of drug-likeness (QED) is 0.535. The minimum absolute atomic E-state index is 0.0630. The summed E-state index contributed by atoms with van der Waals surface area (Å²) in [6.07, 6.45) is 0. The summed E-state index contributed by atoms with van der Waals surface area (Å²) in [6.45, 7) is 8.34. The van der Waals surface area contributed by atoms with Crippen molar-refractivity contribution in [2.24, 2.45) is 0 Å². The van der Waals surface area contributed by atoms with Crippen molar-refractivity contribution < 1.29 is 22.7 Å². The number of benzene rings is 3. The van der Waals surface area contributed by atoms with E-state index in [-0.39, 0.29) is 22.4 Å². The van der Waals surface area contributed by atoms with Crippen LogP contribution in [0.25, 0.3) is 0 Å². The molecule has 7 nitrogen and oxygen atoms in total. The van der Waals surface area contributed by atoms with Gasteiger partial charge in [-0.3, -0.25) is 9.52 Å². The maximum absolute atomic E-state index is 13.2. The minimum Gasteiger partial charge on any atom is -0.486 e. The number of amides is 1. The Hall–Kier alpha value is -3.52. The molecule has 0 fully saturated rings. The predicted molar refractivity (Wildman–Crippen MR) is 131 cm³/mol. The van der Waals surface area contributed by atoms with Crippen molar-refractivity contribution in [3.8, 4) is 11.5 Å². The Labute approximate surface area is 200 Å². The van der Waals surface area contributed by atoms with Gasteiger partial charge >= 0.3 is 0 Å². The second-order valence-electron chi connectivity index (χ2n) is 8.43. The average Bonchev–Trinajstić information content (AvgIpc) is 2.81. The lowest BCUT2D eigenvalue weighted by molar-refractivity contribution is 0.0939. The van der Waals surface area contributed by atoms with Gasteiger partial charge < -0.3 is 14.8 Å². The lowest BCUT2D eigenvalue weighted by Gasteiger charge is -2.21. The number of sulfonamides is 1. The molecule has 0 saturated carbocycles. The Morgan fingerprint density at radius 2 is 1.65 bits per heavy atom. The maximum Gasteiger partial charge on any atom is 0.262 e. The zero-order valence-electron chi connectivity index (χ0n) is 19.6. The third-order valence-electron chi connectivity index (χ3n) is 6.00. The number of rotatable bonds is 6. The highest BCUT2D eigenvalue weighted by molar-refractivity contribution is 7.92. The van der Waals surface area contributed by atoms with E-state index in [4.69, 9.17) is 9.47 Å². The van der Waals surface area contributed by atoms with E-state index in [0.717, 1.165) is 16.7 Å². The third-order valence-corrected chi connectivity index (χ3v) is 7.51. The molecule has 2 N–H and O–H groups in total. The van der Waals surface area contributed by atoms with Crippen LogP contribution in [0.4, 0.5) is 5.69 Å². The van der Waals surface area contributed by atoms with Crippen LogP contribution in [-0.4, -0.2) is 27.5 Å². The molecular weight excluding hydrogens is 452 g/mol. The number of carbonyl (C=O) groups excluding carboxylic acids is 1. The number of carbonyl (C=O) groups is 1. The van der Waals surface area contributed by atoms with Crippen LogP contribution >= 0.6 is 0 Å². The highest BCUT2D eigenvalue weighted by Gasteiger charge is 2.22. The molecule has 3 aromatic carbocycles. The van der Waals surface area contributed by atoms with Gasteiger partial charge in [0.15, 0.2) is 11.5 Å². The molecule has 178 valence electrons. The fourth-order valence-corrected chi connectivity index (χ4v) is 5.18. The van der Waals surface area contributed by atoms with Gasteiger partial charge in [-0.15, -0.1) is 0 Å². The Balaban J connectivity index is 1.55. The smallest absolute Gasteiger partial charge is 0.262 e. The molecule has 1 aliphatic heterocycles. The van der Waals surface area contributed by atoms with Crippen LogP contribution in [0.1, 0.15) is 45.6 Å². The molecule has 0 unspecified atom stereocenters. The van der Waals surface area contributed by atoms with Gasteiger partial charge in [0, 0.05) is 5.56 Å². The molecule has 34 heavy (non-hydrogen) atoms. The summed E-state index contributed by atoms with van der Waals surface area (Å²) in [5.41, 5.74) is 4.02. The summed E-state index contributed by atoms with van der Waals surface area (Å²) in [7, 11) is -3.89. The Morgan fingerprint density at radius 1 is 0.912 bits per heavy atom. The lowest BCUT2D eigenvalue weighted by Crippen LogP contribution is -2.27. The first-order valence-electron chi connectivity index (χ1n) is 11.1. The van der Waals surface area contributed by atoms with Crippen LogP contribution in [0, 0.1) is 20.8 Å². The number of ether oxygens (including phenoxy) is 2. The fraction of sp³-hybridized carbons (Fsp3) is 0.269. The molecule has 1 amide bonds. The van der Waals surface area contributed by atoms with Gasteiger partial charge in [-0.2, -0.15) is 0 Å². The van der Waals surface area contributed by atoms with Crippen LogP contribution in [0.15, 0.2) is 59.5 Å². The molecule has 0 spiro atoms. The molecule has 0 radical (unpaired) electrons. The van der Waals surface area contributed by atoms with Crippen molar-refractivity contribution in [3.05, 3.63) is 82.4 Å². The monoisotopic (exact) mass is 480 g/mol. The van der Waals surface area contributed by atoms with Crippen molar-refractivity contribution in [1.29, 1.82) is 0 Å². The zero-order chi connectivity index (χ0) is 24.5. The van der Waals surface area contributed by atoms with Gasteiger partial charge in [0.25, 0.3) is 15.9 Å². The van der Waals surface area contributed by atoms with Crippen LogP contribution in [0.3, 0.4) is 0 Å². The maximum atomic E-state index is 13.2. The summed E-state index contributed by atoms with van der Waals surface area (Å²) < 4.78 is 40.2. The summed E-state index contributed by atoms with van der Waals surface area (Å²) in [6, 6.07) is 15.3. The molecule has 3 aromatic rings. The Bertz CT molecular complexity index is 1350. The van der Waals surface area contributed by atoms with E-state index in [9.17, 15) is 13.2 Å². The van der Waals surface area contributed by atoms with E-state index < -0.39 is 10.0 Å². The minimum atomic E-state index is -3.89. The lowest BCUT2D eigenvalue weighted by atomic mass is 10.1. The molecular formula is C26H28N2O5S. The molecule has 0 aromatic heterocycles. The number of aryl methyl sites for hydroxylation is 2. The molecule has 1 atom stereocenters. The van der Waals surface area contributed by atoms with Gasteiger partial charge in [-0.25, -0.2) is 8.42 Å². The number of hydrogen-bond donors (Lipinski definition) is 2. The normalized spacial score (nSPS) is 13.8. The molecule has 4 rings (SSSR count). The first-order chi connectivity index (χ1) is 16.2. The average molecular weight is 481 g/mol. The summed E-state index contributed by atoms with van der Waals surface area (Å²) >= 11 is 0. The third kappa shape index (κ3) is 4.87. The zero-order valence-corrected chi connectivity index (χ0v) is 20.5. The van der Waals surface area contributed by atoms with Crippen LogP contribution in [0.2, 0.25) is 0 Å². The van der Waals surface area contributed by atoms with E-state index >= 15 is 0 Å². The predicted octanol–water partition coefficient (Wildman–Crippen LogP) is 4.67. The van der Waals surface area contributed by atoms with E-state index in [0.29, 0.717) is 36.0 Å². The molecule has 1 aliphatic rings. The molecule has 1 heterocycles. The van der Waals surface area contributed by atoms with E-state index in [1.54, 1.807) is 31.2 Å². The first-order valence-corrected chi connectivity index (χ1v) is 12.5. The van der Waals surface area contributed by atoms with Crippen molar-refractivity contribution in [1.82, 2.24) is 5.32 Å². The van der Waals surface area contributed by atoms with Crippen molar-refractivity contribution in [3.63, 3.8) is 0 Å². The van der Waals surface area contributed by atoms with E-state index in [1.807, 2.05) is 45.0 Å². The molecule has 0 saturated heterocycles. The van der Waals surface area contributed by atoms with Gasteiger partial charge in [0.2, 0.25) is 0 Å². The summed E-state index contributed by atoms with van der Waals surface area (Å²) in [5, 5.41) is 2.93. The van der Waals surface area contributed by atoms with Crippen LogP contribution < -0.4 is 19.5 Å². The van der Waals surface area contributed by atoms with Crippen molar-refractivity contribution in [2.75, 3.05) is 17.9 Å². The SMILES string of the molecule is Cc1ccc(C(=O)N[C@H](C)c2ccc3c(c2)OCCO3)cc1S(=O)(=O)Nc1cccc(C)c1C. The molecule has 8 heteroatoms. The number of nitrogens with one attached hydrogen (secondary N) is 2. The van der Waals surface area contributed by atoms with Gasteiger partial charge in [0.05, 0.1) is 16.6 Å². The van der Waals surface area contributed by atoms with Crippen LogP contribution in [-0.2, 0) is 10.0 Å². The van der Waals surface area contributed by atoms with E-state index in [2.05, 4.69) is 10.0 Å². The molecule has 0 bridgehead atoms. The Morgan fingerprint density at radius 3 is 2.41 bits per heavy atom. The van der Waals surface area contributed by atoms with E-state index in [1.165, 1.54) is 6.07 Å². The molecule has 0 aliphatic carbocycles. The van der Waals surface area contributed by atoms with Gasteiger partial charge in [-0.05, 0) is 80.3 Å². The van der Waals surface area contributed by atoms with Gasteiger partial charge in [-0.1, -0.05) is 24.3 Å². The second kappa shape index (κ2) is 9.38. The van der Waals surface area contributed by atoms with Crippen LogP contribution in [0.5, 0.6) is 11.5 Å². The number of anilines is 1. The number of hydrogen-bond acceptors (Lipinski definition) is 5. The highest BCUT2D eigenvalue weighted by Crippen LogP contribution is 2.32. The first kappa shape index (κ1) is 23.6. The van der Waals surface area contributed by atoms with Crippen molar-refractivity contribution >= 4 is 21.6 Å². The highest BCUT2D eigenvalue weighted by atomic mass is 32.2. The number of fused-ring (bicyclic) bond motifs is 1. The fourth-order valence-electron chi connectivity index (χ4n) is 3.78. The second-order valence-corrected chi connectivity index (χ2v) is 10.1. The standard InChI is InChI=1S/C26H28N2O5S/c1-16-6-5-7-22(18(16)3)28-34(30,31)25-15-21(9-8-17(25)2)26(29)27-19(4)20-10-11-23-24(14-20)33-13-12-32-23/h5-11,14-15,19,28H,12-13H2,1-4H3,(H,27,29)/t19-/m1/s1. The Kier molecular flexibility index (Phi) is 6.52. The summed E-state index contributed by atoms with van der Waals surface area (Å²) in [5.74, 6) is 0.954. The van der Waals surface area contributed by atoms with Crippen molar-refractivity contribution in [2.45, 2.75) is 38.6 Å².